The molecule has 1 aliphatic rings. The molecule has 1 fully saturated rings. The minimum absolute atomic E-state index is 0.0887. The number of benzene rings is 1. The van der Waals surface area contributed by atoms with Crippen molar-refractivity contribution in [1.82, 2.24) is 10.2 Å². The van der Waals surface area contributed by atoms with E-state index in [1.165, 1.54) is 11.3 Å². The number of primary amides is 1. The fourth-order valence-electron chi connectivity index (χ4n) is 3.37. The number of hydrogen-bond acceptors (Lipinski definition) is 5. The van der Waals surface area contributed by atoms with Gasteiger partial charge >= 0.3 is 6.03 Å². The van der Waals surface area contributed by atoms with Gasteiger partial charge in [0.15, 0.2) is 0 Å². The van der Waals surface area contributed by atoms with Crippen molar-refractivity contribution in [2.24, 2.45) is 5.73 Å². The molecule has 3 amide bonds. The summed E-state index contributed by atoms with van der Waals surface area (Å²) in [5.41, 5.74) is 6.67. The molecular formula is C20H26N4O3S. The molecule has 0 spiro atoms. The molecule has 1 aromatic heterocycles. The maximum absolute atomic E-state index is 12.9. The van der Waals surface area contributed by atoms with E-state index in [4.69, 9.17) is 10.5 Å². The van der Waals surface area contributed by atoms with Crippen molar-refractivity contribution >= 4 is 28.3 Å². The lowest BCUT2D eigenvalue weighted by Gasteiger charge is -2.21. The minimum Gasteiger partial charge on any atom is -0.497 e. The van der Waals surface area contributed by atoms with Crippen LogP contribution in [0, 0.1) is 0 Å². The zero-order valence-electron chi connectivity index (χ0n) is 16.2. The Morgan fingerprint density at radius 2 is 2.00 bits per heavy atom. The maximum Gasteiger partial charge on any atom is 0.317 e. The second-order valence-electron chi connectivity index (χ2n) is 7.00. The van der Waals surface area contributed by atoms with Crippen LogP contribution in [0.15, 0.2) is 30.3 Å². The quantitative estimate of drug-likeness (QED) is 0.716. The molecule has 0 bridgehead atoms. The van der Waals surface area contributed by atoms with Gasteiger partial charge in [-0.2, -0.15) is 0 Å². The summed E-state index contributed by atoms with van der Waals surface area (Å²) in [4.78, 5) is 27.5. The Labute approximate surface area is 168 Å². The third-order valence-electron chi connectivity index (χ3n) is 4.80. The van der Waals surface area contributed by atoms with Crippen LogP contribution in [0.25, 0.3) is 10.4 Å². The van der Waals surface area contributed by atoms with E-state index in [1.807, 2.05) is 24.3 Å². The molecule has 8 heteroatoms. The van der Waals surface area contributed by atoms with Crippen LogP contribution in [0.2, 0.25) is 0 Å². The minimum atomic E-state index is -0.689. The molecule has 4 N–H and O–H groups in total. The average molecular weight is 403 g/mol. The first kappa shape index (κ1) is 20.2. The summed E-state index contributed by atoms with van der Waals surface area (Å²) < 4.78 is 5.19. The fourth-order valence-corrected chi connectivity index (χ4v) is 4.44. The molecule has 7 nitrogen and oxygen atoms in total. The summed E-state index contributed by atoms with van der Waals surface area (Å²) in [7, 11) is 3.68. The van der Waals surface area contributed by atoms with Crippen molar-refractivity contribution in [3.63, 3.8) is 0 Å². The number of anilines is 1. The highest BCUT2D eigenvalue weighted by molar-refractivity contribution is 7.20. The molecule has 1 unspecified atom stereocenters. The highest BCUT2D eigenvalue weighted by atomic mass is 32.1. The van der Waals surface area contributed by atoms with Crippen molar-refractivity contribution < 1.29 is 14.3 Å². The first-order valence-electron chi connectivity index (χ1n) is 9.30. The third-order valence-corrected chi connectivity index (χ3v) is 5.90. The van der Waals surface area contributed by atoms with Crippen LogP contribution >= 0.6 is 11.3 Å². The third kappa shape index (κ3) is 5.02. The molecule has 28 heavy (non-hydrogen) atoms. The van der Waals surface area contributed by atoms with Gasteiger partial charge in [-0.1, -0.05) is 6.42 Å². The van der Waals surface area contributed by atoms with E-state index in [1.54, 1.807) is 13.2 Å². The number of carbonyl (C=O) groups excluding carboxylic acids is 2. The van der Waals surface area contributed by atoms with Crippen LogP contribution in [0.1, 0.15) is 29.6 Å². The summed E-state index contributed by atoms with van der Waals surface area (Å²) >= 11 is 1.33. The second-order valence-corrected chi connectivity index (χ2v) is 8.05. The van der Waals surface area contributed by atoms with Gasteiger partial charge in [-0.15, -0.1) is 11.3 Å². The number of likely N-dealkylation sites (N-methyl/N-ethyl adjacent to an activating group) is 1. The molecule has 0 saturated carbocycles. The Hall–Kier alpha value is -2.58. The number of likely N-dealkylation sites (tertiary alicyclic amines) is 1. The van der Waals surface area contributed by atoms with Crippen molar-refractivity contribution in [3.05, 3.63) is 35.9 Å². The highest BCUT2D eigenvalue weighted by Crippen LogP contribution is 2.36. The molecule has 1 aromatic carbocycles. The topological polar surface area (TPSA) is 96.7 Å². The predicted molar refractivity (Wildman–Crippen MR) is 112 cm³/mol. The van der Waals surface area contributed by atoms with Crippen LogP contribution in [0.5, 0.6) is 5.75 Å². The summed E-state index contributed by atoms with van der Waals surface area (Å²) in [6.07, 6.45) is 3.17. The van der Waals surface area contributed by atoms with Crippen LogP contribution in [-0.4, -0.2) is 50.1 Å². The molecule has 1 saturated heterocycles. The predicted octanol–water partition coefficient (Wildman–Crippen LogP) is 3.13. The van der Waals surface area contributed by atoms with E-state index >= 15 is 0 Å². The van der Waals surface area contributed by atoms with Gasteiger partial charge in [0.2, 0.25) is 0 Å². The van der Waals surface area contributed by atoms with Gasteiger partial charge in [-0.3, -0.25) is 10.1 Å². The molecule has 150 valence electrons. The number of rotatable bonds is 5. The smallest absolute Gasteiger partial charge is 0.317 e. The summed E-state index contributed by atoms with van der Waals surface area (Å²) in [6.45, 7) is 1.86. The number of nitrogens with two attached hydrogens (primary N) is 1. The second kappa shape index (κ2) is 9.07. The van der Waals surface area contributed by atoms with E-state index in [-0.39, 0.29) is 11.9 Å². The van der Waals surface area contributed by atoms with E-state index in [0.717, 1.165) is 48.5 Å². The van der Waals surface area contributed by atoms with Crippen molar-refractivity contribution in [2.45, 2.75) is 25.3 Å². The lowest BCUT2D eigenvalue weighted by atomic mass is 10.1. The monoisotopic (exact) mass is 402 g/mol. The van der Waals surface area contributed by atoms with Crippen LogP contribution in [-0.2, 0) is 0 Å². The average Bonchev–Trinajstić information content (AvgIpc) is 2.97. The molecule has 2 heterocycles. The molecule has 1 atom stereocenters. The number of nitrogens with zero attached hydrogens (tertiary/aromatic N) is 1. The number of thiophene rings is 1. The molecular weight excluding hydrogens is 376 g/mol. The number of carbonyl (C=O) groups is 2. The normalized spacial score (nSPS) is 17.6. The van der Waals surface area contributed by atoms with Crippen LogP contribution in [0.3, 0.4) is 0 Å². The molecule has 3 rings (SSSR count). The molecule has 0 radical (unpaired) electrons. The number of hydrogen-bond donors (Lipinski definition) is 3. The van der Waals surface area contributed by atoms with Gasteiger partial charge in [0.25, 0.3) is 5.91 Å². The molecule has 2 aromatic rings. The zero-order valence-corrected chi connectivity index (χ0v) is 17.0. The van der Waals surface area contributed by atoms with Crippen LogP contribution < -0.4 is 21.1 Å². The zero-order chi connectivity index (χ0) is 20.1. The van der Waals surface area contributed by atoms with Gasteiger partial charge in [-0.25, -0.2) is 4.79 Å². The van der Waals surface area contributed by atoms with Gasteiger partial charge < -0.3 is 20.7 Å². The highest BCUT2D eigenvalue weighted by Gasteiger charge is 2.22. The first-order chi connectivity index (χ1) is 13.5. The fraction of sp³-hybridized carbons (Fsp3) is 0.400. The van der Waals surface area contributed by atoms with E-state index in [9.17, 15) is 9.59 Å². The van der Waals surface area contributed by atoms with Gasteiger partial charge in [-0.05, 0) is 62.3 Å². The molecule has 1 aliphatic heterocycles. The maximum atomic E-state index is 12.9. The first-order valence-corrected chi connectivity index (χ1v) is 10.1. The lowest BCUT2D eigenvalue weighted by Crippen LogP contribution is -2.41. The van der Waals surface area contributed by atoms with E-state index < -0.39 is 6.03 Å². The summed E-state index contributed by atoms with van der Waals surface area (Å²) in [5, 5.41) is 6.16. The Bertz CT molecular complexity index is 834. The number of nitrogens with one attached hydrogen (secondary N) is 2. The molecule has 0 aliphatic carbocycles. The van der Waals surface area contributed by atoms with E-state index in [2.05, 4.69) is 22.6 Å². The van der Waals surface area contributed by atoms with Crippen molar-refractivity contribution in [2.75, 3.05) is 32.6 Å². The van der Waals surface area contributed by atoms with Gasteiger partial charge in [0, 0.05) is 17.5 Å². The summed E-state index contributed by atoms with van der Waals surface area (Å²) in [6, 6.07) is 8.75. The Balaban J connectivity index is 1.84. The van der Waals surface area contributed by atoms with Crippen molar-refractivity contribution in [3.8, 4) is 16.2 Å². The van der Waals surface area contributed by atoms with Gasteiger partial charge in [0.05, 0.1) is 12.7 Å². The Morgan fingerprint density at radius 1 is 1.25 bits per heavy atom. The van der Waals surface area contributed by atoms with Crippen molar-refractivity contribution in [1.29, 1.82) is 0 Å². The SMILES string of the molecule is COc1ccc(-c2cc(C(=O)NC3CCCCN(C)C3)c(NC(N)=O)s2)cc1. The largest absolute Gasteiger partial charge is 0.497 e. The lowest BCUT2D eigenvalue weighted by molar-refractivity contribution is 0.0930. The Kier molecular flexibility index (Phi) is 6.53. The van der Waals surface area contributed by atoms with Gasteiger partial charge in [0.1, 0.15) is 10.8 Å². The number of urea groups is 1. The number of methoxy groups -OCH3 is 1. The van der Waals surface area contributed by atoms with E-state index in [0.29, 0.717) is 10.6 Å². The van der Waals surface area contributed by atoms with Crippen LogP contribution in [0.4, 0.5) is 9.80 Å². The standard InChI is InChI=1S/C20H26N4O3S/c1-24-10-4-3-5-14(12-24)22-18(25)16-11-17(28-19(16)23-20(21)26)13-6-8-15(27-2)9-7-13/h6-9,11,14H,3-5,10,12H2,1-2H3,(H,22,25)(H3,21,23,26). The number of amides is 3. The summed E-state index contributed by atoms with van der Waals surface area (Å²) in [5.74, 6) is 0.561. The Morgan fingerprint density at radius 3 is 2.68 bits per heavy atom. The number of ether oxygens (including phenoxy) is 1.